The second kappa shape index (κ2) is 16.4. The van der Waals surface area contributed by atoms with Crippen molar-refractivity contribution in [2.75, 3.05) is 20.3 Å². The van der Waals surface area contributed by atoms with Gasteiger partial charge < -0.3 is 0 Å². The summed E-state index contributed by atoms with van der Waals surface area (Å²) in [6.45, 7) is 7.68. The molecule has 1 fully saturated rings. The van der Waals surface area contributed by atoms with Crippen molar-refractivity contribution in [3.05, 3.63) is 43.5 Å². The van der Waals surface area contributed by atoms with Gasteiger partial charge in [0.1, 0.15) is 0 Å². The first-order valence-corrected chi connectivity index (χ1v) is 21.2. The second-order valence-electron chi connectivity index (χ2n) is 9.85. The summed E-state index contributed by atoms with van der Waals surface area (Å²) in [6, 6.07) is 6.43. The summed E-state index contributed by atoms with van der Waals surface area (Å²) in [4.78, 5) is 24.6. The Kier molecular flexibility index (Phi) is 14.0. The van der Waals surface area contributed by atoms with E-state index in [0.717, 1.165) is 74.7 Å². The summed E-state index contributed by atoms with van der Waals surface area (Å²) < 4.78 is 22.1. The van der Waals surface area contributed by atoms with E-state index in [1.165, 1.54) is 19.2 Å². The van der Waals surface area contributed by atoms with Gasteiger partial charge in [0.2, 0.25) is 0 Å². The van der Waals surface area contributed by atoms with Crippen LogP contribution < -0.4 is 0 Å². The molecule has 0 bridgehead atoms. The van der Waals surface area contributed by atoms with Crippen LogP contribution in [0, 0.1) is 10.1 Å². The number of nitro groups is 1. The Morgan fingerprint density at radius 1 is 1.08 bits per heavy atom. The molecule has 36 heavy (non-hydrogen) atoms. The topological polar surface area (TPSA) is 87.9 Å². The third-order valence-corrected chi connectivity index (χ3v) is 23.3. The average Bonchev–Trinajstić information content (AvgIpc) is 2.91. The van der Waals surface area contributed by atoms with Crippen molar-refractivity contribution in [1.29, 1.82) is 0 Å². The fourth-order valence-corrected chi connectivity index (χ4v) is 22.0. The zero-order valence-corrected chi connectivity index (χ0v) is 25.5. The molecule has 7 nitrogen and oxygen atoms in total. The van der Waals surface area contributed by atoms with E-state index in [2.05, 4.69) is 20.8 Å². The van der Waals surface area contributed by atoms with Gasteiger partial charge in [-0.2, -0.15) is 0 Å². The monoisotopic (exact) mass is 611 g/mol. The molecule has 1 heterocycles. The molecule has 1 aliphatic rings. The summed E-state index contributed by atoms with van der Waals surface area (Å²) in [5, 5.41) is 11.6. The maximum atomic E-state index is 13.5. The maximum absolute atomic E-state index is 13.5. The normalized spacial score (nSPS) is 16.9. The van der Waals surface area contributed by atoms with Crippen LogP contribution in [0.3, 0.4) is 0 Å². The Morgan fingerprint density at radius 2 is 1.72 bits per heavy atom. The number of carbonyl (C=O) groups excluding carboxylic acids is 1. The van der Waals surface area contributed by atoms with Crippen LogP contribution in [0.4, 0.5) is 5.69 Å². The molecule has 1 aliphatic heterocycles. The van der Waals surface area contributed by atoms with Crippen molar-refractivity contribution < 1.29 is 23.9 Å². The van der Waals surface area contributed by atoms with Gasteiger partial charge in [-0.3, -0.25) is 0 Å². The van der Waals surface area contributed by atoms with Gasteiger partial charge in [0, 0.05) is 0 Å². The molecule has 2 rings (SSSR count). The number of carbonyl (C=O) groups is 1. The Hall–Kier alpha value is -1.45. The molecule has 0 amide bonds. The van der Waals surface area contributed by atoms with Gasteiger partial charge in [-0.1, -0.05) is 0 Å². The molecule has 0 saturated carbocycles. The molecular weight excluding hydrogens is 565 g/mol. The summed E-state index contributed by atoms with van der Waals surface area (Å²) in [5.74, 6) is -0.427. The van der Waals surface area contributed by atoms with Gasteiger partial charge in [0.25, 0.3) is 0 Å². The number of ether oxygens (including phenoxy) is 3. The van der Waals surface area contributed by atoms with E-state index in [4.69, 9.17) is 14.2 Å². The molecule has 0 radical (unpaired) electrons. The molecule has 1 saturated heterocycles. The van der Waals surface area contributed by atoms with Gasteiger partial charge in [0.05, 0.1) is 0 Å². The number of rotatable bonds is 16. The van der Waals surface area contributed by atoms with Crippen molar-refractivity contribution in [3.8, 4) is 0 Å². The van der Waals surface area contributed by atoms with Crippen molar-refractivity contribution in [3.63, 3.8) is 0 Å². The zero-order valence-electron chi connectivity index (χ0n) is 22.7. The van der Waals surface area contributed by atoms with Crippen LogP contribution >= 0.6 is 0 Å². The van der Waals surface area contributed by atoms with Crippen LogP contribution in [0.1, 0.15) is 84.1 Å². The van der Waals surface area contributed by atoms with Crippen molar-refractivity contribution in [1.82, 2.24) is 0 Å². The number of hydrogen-bond donors (Lipinski definition) is 0. The standard InChI is InChI=1S/C16H18NO6.3C4H9.Sn/c1-21-16(18)14(8-10-23-15-7-2-3-9-22-15)12-5-4-6-13(11-12)17(19)20;3*1-3-4-2;/h4-6,11,15H,2-3,7,9-10H2,1H3;3*1,3-4H2,2H3;. The van der Waals surface area contributed by atoms with Crippen LogP contribution in [0.5, 0.6) is 0 Å². The van der Waals surface area contributed by atoms with Crippen LogP contribution in [-0.2, 0) is 19.0 Å². The minimum atomic E-state index is -3.21. The summed E-state index contributed by atoms with van der Waals surface area (Å²) >= 11 is -3.21. The Balaban J connectivity index is 2.75. The Labute approximate surface area is 221 Å². The third kappa shape index (κ3) is 8.84. The molecule has 1 atom stereocenters. The van der Waals surface area contributed by atoms with Gasteiger partial charge in [0.15, 0.2) is 0 Å². The van der Waals surface area contributed by atoms with Crippen LogP contribution in [-0.4, -0.2) is 55.9 Å². The van der Waals surface area contributed by atoms with E-state index in [1.807, 2.05) is 0 Å². The first kappa shape index (κ1) is 30.8. The number of nitrogens with zero attached hydrogens (tertiary/aromatic N) is 1. The predicted octanol–water partition coefficient (Wildman–Crippen LogP) is 7.45. The molecule has 1 aromatic carbocycles. The average molecular weight is 610 g/mol. The van der Waals surface area contributed by atoms with Gasteiger partial charge in [-0.25, -0.2) is 0 Å². The fourth-order valence-electron chi connectivity index (χ4n) is 5.17. The molecule has 1 aromatic rings. The Bertz CT molecular complexity index is 844. The van der Waals surface area contributed by atoms with Crippen LogP contribution in [0.25, 0.3) is 5.57 Å². The number of esters is 1. The Morgan fingerprint density at radius 3 is 2.22 bits per heavy atom. The van der Waals surface area contributed by atoms with Gasteiger partial charge >= 0.3 is 222 Å². The number of benzene rings is 1. The van der Waals surface area contributed by atoms with E-state index in [1.54, 1.807) is 12.1 Å². The first-order chi connectivity index (χ1) is 17.4. The quantitative estimate of drug-likeness (QED) is 0.0635. The van der Waals surface area contributed by atoms with Gasteiger partial charge in [-0.05, 0) is 0 Å². The SMILES string of the molecule is CCC[CH2][Sn]([CH2]CCC)([CH2]CCC)/[C](COC1CCCCO1)=C(/C(=O)OC)c1cccc([N+](=O)[O-])c1. The predicted molar refractivity (Wildman–Crippen MR) is 146 cm³/mol. The molecule has 8 heteroatoms. The minimum absolute atomic E-state index is 0.0266. The van der Waals surface area contributed by atoms with E-state index < -0.39 is 29.3 Å². The number of non-ortho nitro benzene ring substituents is 1. The van der Waals surface area contributed by atoms with Crippen LogP contribution in [0.15, 0.2) is 27.9 Å². The third-order valence-electron chi connectivity index (χ3n) is 7.26. The van der Waals surface area contributed by atoms with E-state index in [-0.39, 0.29) is 12.0 Å². The first-order valence-electron chi connectivity index (χ1n) is 13.7. The summed E-state index contributed by atoms with van der Waals surface area (Å²) in [6.07, 6.45) is 9.33. The summed E-state index contributed by atoms with van der Waals surface area (Å²) in [7, 11) is 1.39. The van der Waals surface area contributed by atoms with Crippen LogP contribution in [0.2, 0.25) is 13.3 Å². The molecule has 1 unspecified atom stereocenters. The fraction of sp³-hybridized carbons (Fsp3) is 0.679. The van der Waals surface area contributed by atoms with Crippen molar-refractivity contribution >= 4 is 35.6 Å². The van der Waals surface area contributed by atoms with E-state index >= 15 is 0 Å². The second-order valence-corrected chi connectivity index (χ2v) is 23.2. The van der Waals surface area contributed by atoms with Gasteiger partial charge in [-0.15, -0.1) is 0 Å². The molecule has 0 N–H and O–H groups in total. The number of hydrogen-bond acceptors (Lipinski definition) is 6. The molecule has 202 valence electrons. The molecule has 0 aromatic heterocycles. The number of methoxy groups -OCH3 is 1. The van der Waals surface area contributed by atoms with E-state index in [9.17, 15) is 14.9 Å². The van der Waals surface area contributed by atoms with E-state index in [0.29, 0.717) is 24.4 Å². The summed E-state index contributed by atoms with van der Waals surface area (Å²) in [5.41, 5.74) is 1.03. The molecular formula is C28H45NO6Sn. The molecule has 0 aliphatic carbocycles. The van der Waals surface area contributed by atoms with Crippen molar-refractivity contribution in [2.45, 2.75) is 98.2 Å². The number of nitro benzene ring substituents is 1. The zero-order chi connectivity index (χ0) is 26.4. The molecule has 0 spiro atoms. The number of unbranched alkanes of at least 4 members (excludes halogenated alkanes) is 3. The van der Waals surface area contributed by atoms with Crippen molar-refractivity contribution in [2.24, 2.45) is 0 Å².